The van der Waals surface area contributed by atoms with E-state index in [1.807, 2.05) is 54.6 Å². The number of carbonyl (C=O) groups is 1. The zero-order valence-corrected chi connectivity index (χ0v) is 18.1. The SMILES string of the molecule is O=C(Cn1c(=O)c(=O)n(Cc2ccccc2)c2ncccc21)NCc1cccc(Br)c1. The quantitative estimate of drug-likeness (QED) is 0.431. The summed E-state index contributed by atoms with van der Waals surface area (Å²) in [4.78, 5) is 42.6. The summed E-state index contributed by atoms with van der Waals surface area (Å²) in [6.07, 6.45) is 1.56. The maximum atomic E-state index is 12.9. The van der Waals surface area contributed by atoms with E-state index in [4.69, 9.17) is 0 Å². The fourth-order valence-corrected chi connectivity index (χ4v) is 3.81. The summed E-state index contributed by atoms with van der Waals surface area (Å²) in [5.41, 5.74) is 1.11. The van der Waals surface area contributed by atoms with Crippen LogP contribution in [0.4, 0.5) is 0 Å². The number of hydrogen-bond donors (Lipinski definition) is 1. The standard InChI is InChI=1S/C23H19BrN4O3/c24-18-9-4-8-17(12-18)13-26-20(29)15-27-19-10-5-11-25-21(19)28(23(31)22(27)30)14-16-6-2-1-3-7-16/h1-12H,13-15H2,(H,26,29). The largest absolute Gasteiger partial charge is 0.350 e. The zero-order chi connectivity index (χ0) is 21.8. The molecule has 0 bridgehead atoms. The summed E-state index contributed by atoms with van der Waals surface area (Å²) in [6, 6.07) is 20.3. The Morgan fingerprint density at radius 1 is 0.903 bits per heavy atom. The summed E-state index contributed by atoms with van der Waals surface area (Å²) in [7, 11) is 0. The van der Waals surface area contributed by atoms with Gasteiger partial charge in [-0.15, -0.1) is 0 Å². The minimum atomic E-state index is -0.756. The highest BCUT2D eigenvalue weighted by atomic mass is 79.9. The normalized spacial score (nSPS) is 10.9. The minimum Gasteiger partial charge on any atom is -0.350 e. The van der Waals surface area contributed by atoms with Crippen LogP contribution in [0.5, 0.6) is 0 Å². The third kappa shape index (κ3) is 4.64. The summed E-state index contributed by atoms with van der Waals surface area (Å²) in [6.45, 7) is 0.267. The Morgan fingerprint density at radius 3 is 2.42 bits per heavy atom. The van der Waals surface area contributed by atoms with Gasteiger partial charge in [0.25, 0.3) is 0 Å². The molecule has 0 atom stereocenters. The molecule has 7 nitrogen and oxygen atoms in total. The molecule has 2 aromatic heterocycles. The summed E-state index contributed by atoms with van der Waals surface area (Å²) >= 11 is 3.40. The minimum absolute atomic E-state index is 0.221. The van der Waals surface area contributed by atoms with E-state index in [2.05, 4.69) is 26.2 Å². The highest BCUT2D eigenvalue weighted by Gasteiger charge is 2.16. The van der Waals surface area contributed by atoms with Crippen molar-refractivity contribution in [3.05, 3.63) is 109 Å². The first kappa shape index (κ1) is 20.7. The Kier molecular flexibility index (Phi) is 6.08. The van der Waals surface area contributed by atoms with Crippen LogP contribution in [-0.2, 0) is 24.4 Å². The van der Waals surface area contributed by atoms with E-state index < -0.39 is 11.1 Å². The third-order valence-corrected chi connectivity index (χ3v) is 5.34. The lowest BCUT2D eigenvalue weighted by Gasteiger charge is -2.14. The molecule has 1 N–H and O–H groups in total. The molecule has 0 spiro atoms. The van der Waals surface area contributed by atoms with Gasteiger partial charge in [0.2, 0.25) is 5.91 Å². The topological polar surface area (TPSA) is 86.0 Å². The first-order chi connectivity index (χ1) is 15.0. The van der Waals surface area contributed by atoms with E-state index in [9.17, 15) is 14.4 Å². The highest BCUT2D eigenvalue weighted by molar-refractivity contribution is 9.10. The number of halogens is 1. The van der Waals surface area contributed by atoms with Crippen molar-refractivity contribution in [1.29, 1.82) is 0 Å². The molecule has 156 valence electrons. The van der Waals surface area contributed by atoms with Gasteiger partial charge in [-0.05, 0) is 35.4 Å². The number of nitrogens with zero attached hydrogens (tertiary/aromatic N) is 3. The van der Waals surface area contributed by atoms with Gasteiger partial charge in [-0.2, -0.15) is 0 Å². The first-order valence-electron chi connectivity index (χ1n) is 9.66. The maximum Gasteiger partial charge on any atom is 0.318 e. The predicted molar refractivity (Wildman–Crippen MR) is 122 cm³/mol. The van der Waals surface area contributed by atoms with E-state index >= 15 is 0 Å². The molecule has 2 aromatic carbocycles. The second kappa shape index (κ2) is 9.09. The van der Waals surface area contributed by atoms with Crippen molar-refractivity contribution < 1.29 is 4.79 Å². The van der Waals surface area contributed by atoms with Crippen LogP contribution in [0.2, 0.25) is 0 Å². The van der Waals surface area contributed by atoms with Crippen LogP contribution in [0.25, 0.3) is 11.2 Å². The van der Waals surface area contributed by atoms with Gasteiger partial charge in [0.05, 0.1) is 12.1 Å². The molecule has 4 aromatic rings. The van der Waals surface area contributed by atoms with E-state index in [1.54, 1.807) is 18.3 Å². The highest BCUT2D eigenvalue weighted by Crippen LogP contribution is 2.12. The number of pyridine rings is 1. The summed E-state index contributed by atoms with van der Waals surface area (Å²) < 4.78 is 3.44. The number of fused-ring (bicyclic) bond motifs is 1. The lowest BCUT2D eigenvalue weighted by molar-refractivity contribution is -0.121. The molecule has 0 aliphatic carbocycles. The lowest BCUT2D eigenvalue weighted by atomic mass is 10.2. The molecule has 0 radical (unpaired) electrons. The number of aromatic nitrogens is 3. The molecular formula is C23H19BrN4O3. The van der Waals surface area contributed by atoms with Gasteiger partial charge in [0.15, 0.2) is 5.65 Å². The monoisotopic (exact) mass is 478 g/mol. The summed E-state index contributed by atoms with van der Waals surface area (Å²) in [5.74, 6) is -0.368. The predicted octanol–water partition coefficient (Wildman–Crippen LogP) is 2.69. The molecule has 0 aliphatic heterocycles. The molecule has 0 saturated heterocycles. The molecule has 0 fully saturated rings. The smallest absolute Gasteiger partial charge is 0.318 e. The van der Waals surface area contributed by atoms with Crippen molar-refractivity contribution in [2.45, 2.75) is 19.6 Å². The molecule has 31 heavy (non-hydrogen) atoms. The number of nitrogens with one attached hydrogen (secondary N) is 1. The fraction of sp³-hybridized carbons (Fsp3) is 0.130. The fourth-order valence-electron chi connectivity index (χ4n) is 3.36. The Balaban J connectivity index is 1.65. The Morgan fingerprint density at radius 2 is 1.65 bits per heavy atom. The van der Waals surface area contributed by atoms with E-state index in [-0.39, 0.29) is 19.0 Å². The second-order valence-corrected chi connectivity index (χ2v) is 7.94. The van der Waals surface area contributed by atoms with E-state index in [0.717, 1.165) is 15.6 Å². The van der Waals surface area contributed by atoms with Crippen molar-refractivity contribution in [2.75, 3.05) is 0 Å². The molecule has 4 rings (SSSR count). The van der Waals surface area contributed by atoms with Gasteiger partial charge in [0.1, 0.15) is 6.54 Å². The van der Waals surface area contributed by atoms with Crippen molar-refractivity contribution in [3.63, 3.8) is 0 Å². The number of benzene rings is 2. The molecule has 8 heteroatoms. The lowest BCUT2D eigenvalue weighted by Crippen LogP contribution is -2.44. The average Bonchev–Trinajstić information content (AvgIpc) is 2.79. The second-order valence-electron chi connectivity index (χ2n) is 7.02. The average molecular weight is 479 g/mol. The van der Waals surface area contributed by atoms with Gasteiger partial charge < -0.3 is 5.32 Å². The third-order valence-electron chi connectivity index (χ3n) is 4.85. The maximum absolute atomic E-state index is 12.9. The molecule has 1 amide bonds. The van der Waals surface area contributed by atoms with Crippen molar-refractivity contribution in [3.8, 4) is 0 Å². The van der Waals surface area contributed by atoms with Crippen LogP contribution in [0.15, 0.2) is 87.0 Å². The van der Waals surface area contributed by atoms with Crippen LogP contribution >= 0.6 is 15.9 Å². The number of rotatable bonds is 6. The van der Waals surface area contributed by atoms with Gasteiger partial charge in [-0.1, -0.05) is 58.4 Å². The van der Waals surface area contributed by atoms with Gasteiger partial charge in [-0.25, -0.2) is 4.98 Å². The van der Waals surface area contributed by atoms with Gasteiger partial charge >= 0.3 is 11.1 Å². The van der Waals surface area contributed by atoms with Crippen molar-refractivity contribution in [2.24, 2.45) is 0 Å². The molecule has 0 unspecified atom stereocenters. The van der Waals surface area contributed by atoms with Crippen LogP contribution in [-0.4, -0.2) is 20.0 Å². The van der Waals surface area contributed by atoms with Gasteiger partial charge in [-0.3, -0.25) is 23.5 Å². The van der Waals surface area contributed by atoms with Crippen LogP contribution in [0.3, 0.4) is 0 Å². The molecular weight excluding hydrogens is 460 g/mol. The summed E-state index contributed by atoms with van der Waals surface area (Å²) in [5, 5.41) is 2.79. The number of carbonyl (C=O) groups excluding carboxylic acids is 1. The van der Waals surface area contributed by atoms with Crippen LogP contribution in [0.1, 0.15) is 11.1 Å². The van der Waals surface area contributed by atoms with E-state index in [0.29, 0.717) is 17.7 Å². The van der Waals surface area contributed by atoms with Crippen LogP contribution in [0, 0.1) is 0 Å². The Hall–Kier alpha value is -3.52. The molecule has 0 aliphatic rings. The zero-order valence-electron chi connectivity index (χ0n) is 16.5. The van der Waals surface area contributed by atoms with Crippen molar-refractivity contribution >= 4 is 33.0 Å². The Bertz CT molecular complexity index is 1360. The Labute approximate surface area is 186 Å². The number of amides is 1. The van der Waals surface area contributed by atoms with Crippen LogP contribution < -0.4 is 16.4 Å². The molecule has 0 saturated carbocycles. The van der Waals surface area contributed by atoms with Gasteiger partial charge in [0, 0.05) is 17.2 Å². The van der Waals surface area contributed by atoms with E-state index in [1.165, 1.54) is 9.13 Å². The van der Waals surface area contributed by atoms with Crippen molar-refractivity contribution in [1.82, 2.24) is 19.4 Å². The molecule has 2 heterocycles. The number of hydrogen-bond acceptors (Lipinski definition) is 4. The first-order valence-corrected chi connectivity index (χ1v) is 10.5.